The van der Waals surface area contributed by atoms with Gasteiger partial charge in [-0.25, -0.2) is 0 Å². The topological polar surface area (TPSA) is 12.0 Å². The molecule has 1 nitrogen and oxygen atoms in total. The summed E-state index contributed by atoms with van der Waals surface area (Å²) in [5.74, 6) is 1.24. The van der Waals surface area contributed by atoms with E-state index >= 15 is 0 Å². The fourth-order valence-electron chi connectivity index (χ4n) is 1.83. The van der Waals surface area contributed by atoms with Crippen LogP contribution in [0.1, 0.15) is 30.5 Å². The average Bonchev–Trinajstić information content (AvgIpc) is 2.22. The molecule has 0 saturated carbocycles. The summed E-state index contributed by atoms with van der Waals surface area (Å²) in [6.07, 6.45) is 0. The fourth-order valence-corrected chi connectivity index (χ4v) is 2.29. The minimum absolute atomic E-state index is 0.390. The number of hydrogen-bond donors (Lipinski definition) is 1. The van der Waals surface area contributed by atoms with E-state index in [2.05, 4.69) is 51.2 Å². The van der Waals surface area contributed by atoms with Crippen LogP contribution in [-0.4, -0.2) is 11.9 Å². The van der Waals surface area contributed by atoms with Crippen molar-refractivity contribution in [3.05, 3.63) is 34.9 Å². The first-order chi connectivity index (χ1) is 7.56. The third-order valence-corrected chi connectivity index (χ3v) is 3.49. The molecule has 0 saturated heterocycles. The third kappa shape index (κ3) is 3.50. The van der Waals surface area contributed by atoms with Crippen molar-refractivity contribution in [3.63, 3.8) is 0 Å². The van der Waals surface area contributed by atoms with Gasteiger partial charge in [-0.1, -0.05) is 32.0 Å². The minimum Gasteiger partial charge on any atom is -0.308 e. The lowest BCUT2D eigenvalue weighted by Gasteiger charge is -2.21. The smallest absolute Gasteiger partial charge is 0.0380 e. The summed E-state index contributed by atoms with van der Waals surface area (Å²) in [7, 11) is 0. The maximum atomic E-state index is 5.95. The van der Waals surface area contributed by atoms with Gasteiger partial charge >= 0.3 is 0 Å². The highest BCUT2D eigenvalue weighted by Crippen LogP contribution is 2.14. The molecule has 0 amide bonds. The number of aryl methyl sites for hydroxylation is 2. The second kappa shape index (κ2) is 6.27. The summed E-state index contributed by atoms with van der Waals surface area (Å²) in [5, 5.41) is 3.53. The summed E-state index contributed by atoms with van der Waals surface area (Å²) in [6, 6.07) is 6.82. The van der Waals surface area contributed by atoms with Crippen LogP contribution in [0.5, 0.6) is 0 Å². The normalized spacial score (nSPS) is 13.1. The van der Waals surface area contributed by atoms with E-state index in [9.17, 15) is 0 Å². The Kier molecular flexibility index (Phi) is 5.30. The van der Waals surface area contributed by atoms with Crippen LogP contribution in [0.4, 0.5) is 0 Å². The van der Waals surface area contributed by atoms with Gasteiger partial charge < -0.3 is 5.32 Å². The molecule has 0 spiro atoms. The van der Waals surface area contributed by atoms with Crippen LogP contribution in [0.3, 0.4) is 0 Å². The van der Waals surface area contributed by atoms with Gasteiger partial charge in [0, 0.05) is 18.5 Å². The zero-order valence-corrected chi connectivity index (χ0v) is 11.4. The summed E-state index contributed by atoms with van der Waals surface area (Å²) in [6.45, 7) is 9.63. The predicted octanol–water partition coefficient (Wildman–Crippen LogP) is 3.66. The number of nitrogens with one attached hydrogen (secondary N) is 1. The molecular formula is C14H22ClN. The Bertz CT molecular complexity index is 313. The molecular weight excluding hydrogens is 218 g/mol. The van der Waals surface area contributed by atoms with Crippen LogP contribution in [0, 0.1) is 19.8 Å². The molecule has 1 atom stereocenters. The molecule has 1 aromatic rings. The number of halogens is 1. The van der Waals surface area contributed by atoms with Crippen molar-refractivity contribution in [3.8, 4) is 0 Å². The van der Waals surface area contributed by atoms with E-state index < -0.39 is 0 Å². The van der Waals surface area contributed by atoms with Crippen molar-refractivity contribution in [1.29, 1.82) is 0 Å². The fraction of sp³-hybridized carbons (Fsp3) is 0.571. The van der Waals surface area contributed by atoms with Crippen molar-refractivity contribution in [2.75, 3.05) is 5.88 Å². The first-order valence-electron chi connectivity index (χ1n) is 5.90. The van der Waals surface area contributed by atoms with Gasteiger partial charge in [-0.2, -0.15) is 0 Å². The van der Waals surface area contributed by atoms with Crippen molar-refractivity contribution in [1.82, 2.24) is 5.32 Å². The first kappa shape index (κ1) is 13.5. The van der Waals surface area contributed by atoms with E-state index in [-0.39, 0.29) is 0 Å². The van der Waals surface area contributed by atoms with Gasteiger partial charge in [0.1, 0.15) is 0 Å². The van der Waals surface area contributed by atoms with E-state index in [0.29, 0.717) is 17.8 Å². The molecule has 1 unspecified atom stereocenters. The SMILES string of the molecule is Cc1cccc(C)c1CNC(CCl)C(C)C. The molecule has 90 valence electrons. The minimum atomic E-state index is 0.390. The second-order valence-electron chi connectivity index (χ2n) is 4.76. The van der Waals surface area contributed by atoms with E-state index in [1.807, 2.05) is 0 Å². The van der Waals surface area contributed by atoms with Gasteiger partial charge in [0.25, 0.3) is 0 Å². The molecule has 0 bridgehead atoms. The number of hydrogen-bond acceptors (Lipinski definition) is 1. The molecule has 0 aliphatic rings. The van der Waals surface area contributed by atoms with Gasteiger partial charge in [0.15, 0.2) is 0 Å². The number of benzene rings is 1. The van der Waals surface area contributed by atoms with Crippen LogP contribution in [0.25, 0.3) is 0 Å². The Balaban J connectivity index is 2.67. The van der Waals surface area contributed by atoms with Gasteiger partial charge in [-0.15, -0.1) is 11.6 Å². The standard InChI is InChI=1S/C14H22ClN/c1-10(2)14(8-15)16-9-13-11(3)6-5-7-12(13)4/h5-7,10,14,16H,8-9H2,1-4H3. The van der Waals surface area contributed by atoms with Crippen molar-refractivity contribution >= 4 is 11.6 Å². The highest BCUT2D eigenvalue weighted by atomic mass is 35.5. The van der Waals surface area contributed by atoms with Gasteiger partial charge in [0.05, 0.1) is 0 Å². The Labute approximate surface area is 104 Å². The third-order valence-electron chi connectivity index (χ3n) is 3.16. The summed E-state index contributed by atoms with van der Waals surface area (Å²) in [4.78, 5) is 0. The Morgan fingerprint density at radius 1 is 1.19 bits per heavy atom. The van der Waals surface area contributed by atoms with Crippen LogP contribution >= 0.6 is 11.6 Å². The molecule has 0 radical (unpaired) electrons. The van der Waals surface area contributed by atoms with Crippen LogP contribution < -0.4 is 5.32 Å². The summed E-state index contributed by atoms with van der Waals surface area (Å²) < 4.78 is 0. The van der Waals surface area contributed by atoms with Gasteiger partial charge in [-0.05, 0) is 36.5 Å². The zero-order valence-electron chi connectivity index (χ0n) is 10.7. The molecule has 0 aliphatic heterocycles. The molecule has 1 aromatic carbocycles. The van der Waals surface area contributed by atoms with E-state index in [4.69, 9.17) is 11.6 Å². The van der Waals surface area contributed by atoms with Crippen LogP contribution in [0.15, 0.2) is 18.2 Å². The molecule has 1 N–H and O–H groups in total. The lowest BCUT2D eigenvalue weighted by atomic mass is 10.0. The predicted molar refractivity (Wildman–Crippen MR) is 72.1 cm³/mol. The number of alkyl halides is 1. The number of rotatable bonds is 5. The monoisotopic (exact) mass is 239 g/mol. The van der Waals surface area contributed by atoms with Crippen LogP contribution in [0.2, 0.25) is 0 Å². The Hall–Kier alpha value is -0.530. The van der Waals surface area contributed by atoms with Crippen molar-refractivity contribution in [2.24, 2.45) is 5.92 Å². The molecule has 1 rings (SSSR count). The second-order valence-corrected chi connectivity index (χ2v) is 5.06. The highest BCUT2D eigenvalue weighted by molar-refractivity contribution is 6.18. The van der Waals surface area contributed by atoms with Gasteiger partial charge in [-0.3, -0.25) is 0 Å². The maximum absolute atomic E-state index is 5.95. The Morgan fingerprint density at radius 2 is 1.75 bits per heavy atom. The quantitative estimate of drug-likeness (QED) is 0.774. The van der Waals surface area contributed by atoms with Crippen LogP contribution in [-0.2, 0) is 6.54 Å². The molecule has 2 heteroatoms. The molecule has 0 aromatic heterocycles. The molecule has 0 fully saturated rings. The van der Waals surface area contributed by atoms with E-state index in [1.54, 1.807) is 0 Å². The van der Waals surface area contributed by atoms with E-state index in [1.165, 1.54) is 16.7 Å². The molecule has 16 heavy (non-hydrogen) atoms. The van der Waals surface area contributed by atoms with Crippen molar-refractivity contribution in [2.45, 2.75) is 40.3 Å². The average molecular weight is 240 g/mol. The summed E-state index contributed by atoms with van der Waals surface area (Å²) in [5.41, 5.74) is 4.10. The lowest BCUT2D eigenvalue weighted by Crippen LogP contribution is -2.35. The maximum Gasteiger partial charge on any atom is 0.0380 e. The molecule has 0 heterocycles. The van der Waals surface area contributed by atoms with E-state index in [0.717, 1.165) is 6.54 Å². The first-order valence-corrected chi connectivity index (χ1v) is 6.44. The summed E-state index contributed by atoms with van der Waals surface area (Å²) >= 11 is 5.95. The highest BCUT2D eigenvalue weighted by Gasteiger charge is 2.12. The Morgan fingerprint density at radius 3 is 2.19 bits per heavy atom. The lowest BCUT2D eigenvalue weighted by molar-refractivity contribution is 0.429. The zero-order chi connectivity index (χ0) is 12.1. The van der Waals surface area contributed by atoms with Gasteiger partial charge in [0.2, 0.25) is 0 Å². The van der Waals surface area contributed by atoms with Crippen molar-refractivity contribution < 1.29 is 0 Å². The molecule has 0 aliphatic carbocycles. The largest absolute Gasteiger partial charge is 0.308 e.